The lowest BCUT2D eigenvalue weighted by atomic mass is 9.98. The van der Waals surface area contributed by atoms with E-state index in [2.05, 4.69) is 16.4 Å². The number of amides is 2. The third-order valence-corrected chi connectivity index (χ3v) is 4.05. The number of pyridine rings is 1. The van der Waals surface area contributed by atoms with Crippen LogP contribution in [0.3, 0.4) is 0 Å². The van der Waals surface area contributed by atoms with E-state index in [0.29, 0.717) is 23.4 Å². The Bertz CT molecular complexity index is 735. The summed E-state index contributed by atoms with van der Waals surface area (Å²) >= 11 is 0. The minimum atomic E-state index is -0.290. The first-order chi connectivity index (χ1) is 10.3. The molecule has 0 fully saturated rings. The van der Waals surface area contributed by atoms with Crippen molar-refractivity contribution in [2.45, 2.75) is 13.0 Å². The molecule has 5 heteroatoms. The number of carbonyl (C=O) groups is 2. The molecule has 0 unspecified atom stereocenters. The number of benzene rings is 1. The largest absolute Gasteiger partial charge is 0.312 e. The van der Waals surface area contributed by atoms with E-state index in [1.807, 2.05) is 12.1 Å². The smallest absolute Gasteiger partial charge is 0.267 e. The number of fused-ring (bicyclic) bond motifs is 2. The van der Waals surface area contributed by atoms with Crippen LogP contribution in [0.1, 0.15) is 31.8 Å². The maximum atomic E-state index is 12.6. The average molecular weight is 279 g/mol. The normalized spacial score (nSPS) is 16.9. The number of hydrogen-bond acceptors (Lipinski definition) is 4. The molecule has 3 heterocycles. The Morgan fingerprint density at radius 3 is 2.81 bits per heavy atom. The van der Waals surface area contributed by atoms with E-state index in [4.69, 9.17) is 0 Å². The fourth-order valence-corrected chi connectivity index (χ4v) is 3.01. The number of rotatable bonds is 1. The van der Waals surface area contributed by atoms with Crippen LogP contribution in [0, 0.1) is 0 Å². The molecule has 4 rings (SSSR count). The molecule has 0 saturated heterocycles. The van der Waals surface area contributed by atoms with Gasteiger partial charge in [0.2, 0.25) is 0 Å². The molecule has 0 saturated carbocycles. The van der Waals surface area contributed by atoms with Gasteiger partial charge in [-0.1, -0.05) is 12.1 Å². The Balaban J connectivity index is 1.86. The highest BCUT2D eigenvalue weighted by atomic mass is 16.2. The third-order valence-electron chi connectivity index (χ3n) is 4.05. The van der Waals surface area contributed by atoms with Crippen LogP contribution >= 0.6 is 0 Å². The Kier molecular flexibility index (Phi) is 2.62. The number of anilines is 1. The van der Waals surface area contributed by atoms with E-state index in [1.165, 1.54) is 22.9 Å². The van der Waals surface area contributed by atoms with Crippen LogP contribution in [-0.2, 0) is 13.0 Å². The highest BCUT2D eigenvalue weighted by molar-refractivity contribution is 6.34. The van der Waals surface area contributed by atoms with Crippen molar-refractivity contribution in [2.24, 2.45) is 0 Å². The lowest BCUT2D eigenvalue weighted by molar-refractivity contribution is 0.0926. The van der Waals surface area contributed by atoms with Crippen molar-refractivity contribution in [3.05, 3.63) is 58.9 Å². The van der Waals surface area contributed by atoms with Gasteiger partial charge < -0.3 is 5.32 Å². The second-order valence-corrected chi connectivity index (χ2v) is 5.21. The van der Waals surface area contributed by atoms with Crippen molar-refractivity contribution in [2.75, 3.05) is 11.4 Å². The summed E-state index contributed by atoms with van der Waals surface area (Å²) in [6.07, 6.45) is 3.91. The van der Waals surface area contributed by atoms with Gasteiger partial charge in [-0.05, 0) is 36.2 Å². The van der Waals surface area contributed by atoms with E-state index >= 15 is 0 Å². The van der Waals surface area contributed by atoms with Crippen molar-refractivity contribution in [1.82, 2.24) is 10.3 Å². The van der Waals surface area contributed by atoms with E-state index < -0.39 is 0 Å². The molecule has 1 N–H and O–H groups in total. The topological polar surface area (TPSA) is 62.3 Å². The number of hydrogen-bond donors (Lipinski definition) is 1. The zero-order valence-corrected chi connectivity index (χ0v) is 11.3. The maximum Gasteiger partial charge on any atom is 0.267 e. The Labute approximate surface area is 121 Å². The molecule has 0 bridgehead atoms. The van der Waals surface area contributed by atoms with Crippen molar-refractivity contribution < 1.29 is 9.59 Å². The number of aromatic nitrogens is 1. The molecule has 2 amide bonds. The van der Waals surface area contributed by atoms with Crippen molar-refractivity contribution in [3.8, 4) is 0 Å². The average Bonchev–Trinajstić information content (AvgIpc) is 2.79. The summed E-state index contributed by atoms with van der Waals surface area (Å²) in [4.78, 5) is 30.3. The van der Waals surface area contributed by atoms with E-state index in [9.17, 15) is 9.59 Å². The zero-order valence-electron chi connectivity index (χ0n) is 11.3. The number of nitrogens with zero attached hydrogens (tertiary/aromatic N) is 2. The highest BCUT2D eigenvalue weighted by Gasteiger charge is 2.38. The third kappa shape index (κ3) is 1.71. The van der Waals surface area contributed by atoms with Gasteiger partial charge in [0.1, 0.15) is 0 Å². The van der Waals surface area contributed by atoms with E-state index in [-0.39, 0.29) is 11.8 Å². The molecular formula is C16H13N3O2. The van der Waals surface area contributed by atoms with Crippen molar-refractivity contribution in [3.63, 3.8) is 0 Å². The first-order valence-electron chi connectivity index (χ1n) is 6.91. The van der Waals surface area contributed by atoms with Crippen LogP contribution in [0.5, 0.6) is 0 Å². The molecule has 1 aromatic heterocycles. The predicted octanol–water partition coefficient (Wildman–Crippen LogP) is 1.53. The molecule has 21 heavy (non-hydrogen) atoms. The highest BCUT2D eigenvalue weighted by Crippen LogP contribution is 2.32. The zero-order chi connectivity index (χ0) is 14.4. The minimum absolute atomic E-state index is 0.267. The molecule has 1 aromatic carbocycles. The first-order valence-corrected chi connectivity index (χ1v) is 6.91. The van der Waals surface area contributed by atoms with Crippen molar-refractivity contribution in [1.29, 1.82) is 0 Å². The predicted molar refractivity (Wildman–Crippen MR) is 77.2 cm³/mol. The second kappa shape index (κ2) is 4.49. The summed E-state index contributed by atoms with van der Waals surface area (Å²) in [5, 5.41) is 3.29. The van der Waals surface area contributed by atoms with Gasteiger partial charge in [0.15, 0.2) is 0 Å². The van der Waals surface area contributed by atoms with Gasteiger partial charge in [-0.3, -0.25) is 14.6 Å². The van der Waals surface area contributed by atoms with Crippen LogP contribution in [0.2, 0.25) is 0 Å². The van der Waals surface area contributed by atoms with Gasteiger partial charge in [-0.15, -0.1) is 0 Å². The van der Waals surface area contributed by atoms with Crippen LogP contribution < -0.4 is 10.2 Å². The summed E-state index contributed by atoms with van der Waals surface area (Å²) < 4.78 is 0. The fourth-order valence-electron chi connectivity index (χ4n) is 3.01. The molecular weight excluding hydrogens is 266 g/mol. The van der Waals surface area contributed by atoms with E-state index in [1.54, 1.807) is 6.07 Å². The fraction of sp³-hybridized carbons (Fsp3) is 0.188. The number of nitrogens with one attached hydrogen (secondary N) is 1. The standard InChI is InChI=1S/C16H13N3O2/c20-15-11-5-7-18-9-13(11)16(21)19(15)14-3-1-2-10-4-6-17-8-12(10)14/h1-3,5,7,9,17H,4,6,8H2. The summed E-state index contributed by atoms with van der Waals surface area (Å²) in [5.41, 5.74) is 3.72. The molecule has 2 aliphatic rings. The molecule has 0 spiro atoms. The SMILES string of the molecule is O=C1c2ccncc2C(=O)N1c1cccc2c1CNCC2. The van der Waals surface area contributed by atoms with Crippen LogP contribution in [0.4, 0.5) is 5.69 Å². The summed E-state index contributed by atoms with van der Waals surface area (Å²) in [5.74, 6) is -0.557. The van der Waals surface area contributed by atoms with Gasteiger partial charge >= 0.3 is 0 Å². The molecule has 5 nitrogen and oxygen atoms in total. The second-order valence-electron chi connectivity index (χ2n) is 5.21. The van der Waals surface area contributed by atoms with Crippen LogP contribution in [0.25, 0.3) is 0 Å². The molecule has 104 valence electrons. The summed E-state index contributed by atoms with van der Waals surface area (Å²) in [6, 6.07) is 7.39. The van der Waals surface area contributed by atoms with Crippen molar-refractivity contribution >= 4 is 17.5 Å². The van der Waals surface area contributed by atoms with Gasteiger partial charge in [-0.2, -0.15) is 0 Å². The summed E-state index contributed by atoms with van der Waals surface area (Å²) in [7, 11) is 0. The first kappa shape index (κ1) is 12.2. The quantitative estimate of drug-likeness (QED) is 0.804. The Morgan fingerprint density at radius 1 is 1.10 bits per heavy atom. The Hall–Kier alpha value is -2.53. The number of imide groups is 1. The lowest BCUT2D eigenvalue weighted by Gasteiger charge is -2.24. The lowest BCUT2D eigenvalue weighted by Crippen LogP contribution is -2.33. The molecule has 2 aliphatic heterocycles. The minimum Gasteiger partial charge on any atom is -0.312 e. The van der Waals surface area contributed by atoms with E-state index in [0.717, 1.165) is 18.5 Å². The molecule has 0 atom stereocenters. The van der Waals surface area contributed by atoms with Gasteiger partial charge in [0, 0.05) is 18.9 Å². The molecule has 2 aromatic rings. The maximum absolute atomic E-state index is 12.6. The molecule has 0 aliphatic carbocycles. The van der Waals surface area contributed by atoms with Crippen LogP contribution in [-0.4, -0.2) is 23.3 Å². The van der Waals surface area contributed by atoms with Crippen LogP contribution in [0.15, 0.2) is 36.7 Å². The van der Waals surface area contributed by atoms with Gasteiger partial charge in [0.05, 0.1) is 16.8 Å². The van der Waals surface area contributed by atoms with Gasteiger partial charge in [0.25, 0.3) is 11.8 Å². The monoisotopic (exact) mass is 279 g/mol. The number of carbonyl (C=O) groups excluding carboxylic acids is 2. The Morgan fingerprint density at radius 2 is 1.95 bits per heavy atom. The summed E-state index contributed by atoms with van der Waals surface area (Å²) in [6.45, 7) is 1.60. The van der Waals surface area contributed by atoms with Gasteiger partial charge in [-0.25, -0.2) is 4.90 Å². The molecule has 0 radical (unpaired) electrons.